The maximum atomic E-state index is 11.5. The second-order valence-corrected chi connectivity index (χ2v) is 6.29. The van der Waals surface area contributed by atoms with Crippen molar-refractivity contribution in [2.24, 2.45) is 0 Å². The van der Waals surface area contributed by atoms with E-state index in [-0.39, 0.29) is 0 Å². The number of hydrogen-bond acceptors (Lipinski definition) is 2. The van der Waals surface area contributed by atoms with Crippen molar-refractivity contribution in [1.82, 2.24) is 15.5 Å². The van der Waals surface area contributed by atoms with Crippen LogP contribution in [-0.4, -0.2) is 42.1 Å². The van der Waals surface area contributed by atoms with Gasteiger partial charge in [0, 0.05) is 32.6 Å². The number of amides is 1. The second-order valence-electron chi connectivity index (χ2n) is 5.88. The van der Waals surface area contributed by atoms with E-state index < -0.39 is 0 Å². The third kappa shape index (κ3) is 6.04. The van der Waals surface area contributed by atoms with Gasteiger partial charge in [0.2, 0.25) is 5.91 Å². The predicted molar refractivity (Wildman–Crippen MR) is 90.2 cm³/mol. The van der Waals surface area contributed by atoms with Crippen molar-refractivity contribution >= 4 is 23.2 Å². The molecule has 1 saturated heterocycles. The van der Waals surface area contributed by atoms with Gasteiger partial charge in [-0.1, -0.05) is 11.6 Å². The Labute approximate surface area is 133 Å². The molecule has 0 radical (unpaired) electrons. The highest BCUT2D eigenvalue weighted by molar-refractivity contribution is 7.80. The number of carbonyl (C=O) groups excluding carboxylic acids is 1. The molecule has 0 aromatic rings. The fourth-order valence-corrected chi connectivity index (χ4v) is 3.15. The van der Waals surface area contributed by atoms with Crippen LogP contribution in [-0.2, 0) is 4.79 Å². The van der Waals surface area contributed by atoms with Crippen molar-refractivity contribution in [2.45, 2.75) is 51.4 Å². The lowest BCUT2D eigenvalue weighted by atomic mass is 9.97. The topological polar surface area (TPSA) is 44.4 Å². The zero-order valence-corrected chi connectivity index (χ0v) is 13.6. The van der Waals surface area contributed by atoms with Gasteiger partial charge in [-0.3, -0.25) is 4.79 Å². The molecule has 21 heavy (non-hydrogen) atoms. The average molecular weight is 309 g/mol. The fraction of sp³-hybridized carbons (Fsp3) is 0.750. The van der Waals surface area contributed by atoms with Crippen LogP contribution in [0.1, 0.15) is 51.4 Å². The first-order valence-corrected chi connectivity index (χ1v) is 8.64. The number of hydrogen-bond donors (Lipinski definition) is 2. The van der Waals surface area contributed by atoms with E-state index >= 15 is 0 Å². The van der Waals surface area contributed by atoms with Crippen LogP contribution < -0.4 is 10.6 Å². The van der Waals surface area contributed by atoms with E-state index in [9.17, 15) is 4.79 Å². The molecule has 2 N–H and O–H groups in total. The Morgan fingerprint density at radius 2 is 2.05 bits per heavy atom. The molecular formula is C16H27N3OS. The SMILES string of the molecule is O=C1CCCN1CCCNC(=S)NCCC1=CCCCC1. The largest absolute Gasteiger partial charge is 0.363 e. The Balaban J connectivity index is 1.47. The van der Waals surface area contributed by atoms with Crippen LogP contribution in [0.2, 0.25) is 0 Å². The van der Waals surface area contributed by atoms with Crippen molar-refractivity contribution in [3.8, 4) is 0 Å². The molecule has 1 fully saturated rings. The summed E-state index contributed by atoms with van der Waals surface area (Å²) < 4.78 is 0. The fourth-order valence-electron chi connectivity index (χ4n) is 2.94. The number of allylic oxidation sites excluding steroid dienone is 1. The van der Waals surface area contributed by atoms with E-state index in [2.05, 4.69) is 16.7 Å². The Kier molecular flexibility index (Phi) is 7.00. The molecule has 118 valence electrons. The van der Waals surface area contributed by atoms with Crippen LogP contribution in [0.15, 0.2) is 11.6 Å². The molecule has 2 aliphatic rings. The minimum absolute atomic E-state index is 0.302. The lowest BCUT2D eigenvalue weighted by Crippen LogP contribution is -2.37. The Morgan fingerprint density at radius 1 is 1.19 bits per heavy atom. The van der Waals surface area contributed by atoms with Gasteiger partial charge in [-0.2, -0.15) is 0 Å². The molecule has 2 rings (SSSR count). The molecule has 1 heterocycles. The zero-order valence-electron chi connectivity index (χ0n) is 12.8. The summed E-state index contributed by atoms with van der Waals surface area (Å²) in [7, 11) is 0. The number of nitrogens with one attached hydrogen (secondary N) is 2. The van der Waals surface area contributed by atoms with Crippen LogP contribution in [0.5, 0.6) is 0 Å². The van der Waals surface area contributed by atoms with Crippen molar-refractivity contribution in [3.63, 3.8) is 0 Å². The number of rotatable bonds is 7. The molecule has 0 aromatic heterocycles. The molecule has 0 bridgehead atoms. The van der Waals surface area contributed by atoms with Crippen LogP contribution >= 0.6 is 12.2 Å². The Bertz CT molecular complexity index is 395. The molecule has 5 heteroatoms. The molecule has 0 spiro atoms. The number of nitrogens with zero attached hydrogens (tertiary/aromatic N) is 1. The first-order valence-electron chi connectivity index (χ1n) is 8.23. The summed E-state index contributed by atoms with van der Waals surface area (Å²) in [6, 6.07) is 0. The van der Waals surface area contributed by atoms with Gasteiger partial charge >= 0.3 is 0 Å². The van der Waals surface area contributed by atoms with Crippen molar-refractivity contribution < 1.29 is 4.79 Å². The van der Waals surface area contributed by atoms with E-state index in [4.69, 9.17) is 12.2 Å². The highest BCUT2D eigenvalue weighted by Gasteiger charge is 2.18. The number of thiocarbonyl (C=S) groups is 1. The van der Waals surface area contributed by atoms with Crippen LogP contribution in [0.3, 0.4) is 0 Å². The zero-order chi connectivity index (χ0) is 14.9. The molecule has 0 aromatic carbocycles. The maximum Gasteiger partial charge on any atom is 0.222 e. The lowest BCUT2D eigenvalue weighted by Gasteiger charge is -2.16. The summed E-state index contributed by atoms with van der Waals surface area (Å²) in [6.45, 7) is 3.53. The molecule has 1 amide bonds. The van der Waals surface area contributed by atoms with Gasteiger partial charge in [0.05, 0.1) is 0 Å². The minimum Gasteiger partial charge on any atom is -0.363 e. The van der Waals surface area contributed by atoms with Crippen LogP contribution in [0.25, 0.3) is 0 Å². The number of likely N-dealkylation sites (tertiary alicyclic amines) is 1. The molecule has 0 unspecified atom stereocenters. The van der Waals surface area contributed by atoms with Gasteiger partial charge < -0.3 is 15.5 Å². The molecular weight excluding hydrogens is 282 g/mol. The molecule has 0 atom stereocenters. The highest BCUT2D eigenvalue weighted by atomic mass is 32.1. The van der Waals surface area contributed by atoms with Gasteiger partial charge in [0.25, 0.3) is 0 Å². The van der Waals surface area contributed by atoms with Crippen molar-refractivity contribution in [3.05, 3.63) is 11.6 Å². The summed E-state index contributed by atoms with van der Waals surface area (Å²) in [5.74, 6) is 0.302. The van der Waals surface area contributed by atoms with Gasteiger partial charge in [-0.15, -0.1) is 0 Å². The monoisotopic (exact) mass is 309 g/mol. The quantitative estimate of drug-likeness (QED) is 0.430. The third-order valence-electron chi connectivity index (χ3n) is 4.18. The average Bonchev–Trinajstić information content (AvgIpc) is 2.90. The van der Waals surface area contributed by atoms with E-state index in [1.165, 1.54) is 25.7 Å². The standard InChI is InChI=1S/C16H27N3OS/c20-15-8-4-12-19(15)13-5-10-17-16(21)18-11-9-14-6-2-1-3-7-14/h6H,1-5,7-13H2,(H2,17,18,21). The molecule has 1 aliphatic carbocycles. The Morgan fingerprint density at radius 3 is 2.76 bits per heavy atom. The molecule has 0 saturated carbocycles. The first kappa shape index (κ1) is 16.3. The van der Waals surface area contributed by atoms with Gasteiger partial charge in [-0.25, -0.2) is 0 Å². The van der Waals surface area contributed by atoms with E-state index in [1.54, 1.807) is 5.57 Å². The lowest BCUT2D eigenvalue weighted by molar-refractivity contribution is -0.127. The Hall–Kier alpha value is -1.10. The van der Waals surface area contributed by atoms with Gasteiger partial charge in [-0.05, 0) is 57.2 Å². The van der Waals surface area contributed by atoms with Crippen LogP contribution in [0.4, 0.5) is 0 Å². The summed E-state index contributed by atoms with van der Waals surface area (Å²) >= 11 is 5.27. The first-order chi connectivity index (χ1) is 10.3. The van der Waals surface area contributed by atoms with Crippen LogP contribution in [0, 0.1) is 0 Å². The molecule has 4 nitrogen and oxygen atoms in total. The molecule has 1 aliphatic heterocycles. The third-order valence-corrected chi connectivity index (χ3v) is 4.47. The smallest absolute Gasteiger partial charge is 0.222 e. The van der Waals surface area contributed by atoms with Crippen molar-refractivity contribution in [2.75, 3.05) is 26.2 Å². The predicted octanol–water partition coefficient (Wildman–Crippen LogP) is 2.35. The van der Waals surface area contributed by atoms with Gasteiger partial charge in [0.15, 0.2) is 5.11 Å². The normalized spacial score (nSPS) is 18.6. The van der Waals surface area contributed by atoms with E-state index in [0.29, 0.717) is 5.91 Å². The van der Waals surface area contributed by atoms with Gasteiger partial charge in [0.1, 0.15) is 0 Å². The maximum absolute atomic E-state index is 11.5. The highest BCUT2D eigenvalue weighted by Crippen LogP contribution is 2.19. The summed E-state index contributed by atoms with van der Waals surface area (Å²) in [5.41, 5.74) is 1.57. The summed E-state index contributed by atoms with van der Waals surface area (Å²) in [4.78, 5) is 13.4. The minimum atomic E-state index is 0.302. The summed E-state index contributed by atoms with van der Waals surface area (Å²) in [5, 5.41) is 7.22. The van der Waals surface area contributed by atoms with E-state index in [1.807, 2.05) is 4.90 Å². The second kappa shape index (κ2) is 9.03. The summed E-state index contributed by atoms with van der Waals surface area (Å²) in [6.07, 6.45) is 11.4. The number of carbonyl (C=O) groups is 1. The van der Waals surface area contributed by atoms with Crippen molar-refractivity contribution in [1.29, 1.82) is 0 Å². The van der Waals surface area contributed by atoms with E-state index in [0.717, 1.165) is 57.0 Å².